The summed E-state index contributed by atoms with van der Waals surface area (Å²) in [6, 6.07) is 3.16. The van der Waals surface area contributed by atoms with Crippen LogP contribution in [0, 0.1) is 0 Å². The van der Waals surface area contributed by atoms with Gasteiger partial charge in [-0.3, -0.25) is 14.6 Å². The van der Waals surface area contributed by atoms with E-state index >= 15 is 0 Å². The van der Waals surface area contributed by atoms with Crippen LogP contribution in [0.5, 0.6) is 0 Å². The lowest BCUT2D eigenvalue weighted by molar-refractivity contribution is -0.119. The number of primary amides is 1. The number of likely N-dealkylation sites (N-methyl/N-ethyl adjacent to an activating group) is 1. The number of rotatable bonds is 5. The first kappa shape index (κ1) is 12.0. The van der Waals surface area contributed by atoms with Gasteiger partial charge in [0.15, 0.2) is 0 Å². The van der Waals surface area contributed by atoms with E-state index in [-0.39, 0.29) is 18.1 Å². The van der Waals surface area contributed by atoms with Crippen molar-refractivity contribution in [2.75, 3.05) is 18.4 Å². The van der Waals surface area contributed by atoms with E-state index in [0.717, 1.165) is 0 Å². The molecule has 0 aliphatic carbocycles. The first-order valence-corrected chi connectivity index (χ1v) is 4.90. The van der Waals surface area contributed by atoms with Crippen LogP contribution in [0.1, 0.15) is 17.4 Å². The fourth-order valence-corrected chi connectivity index (χ4v) is 1.12. The van der Waals surface area contributed by atoms with Gasteiger partial charge in [-0.05, 0) is 19.1 Å². The maximum absolute atomic E-state index is 11.2. The molecule has 2 amide bonds. The van der Waals surface area contributed by atoms with Gasteiger partial charge in [0.2, 0.25) is 5.91 Å². The third-order valence-corrected chi connectivity index (χ3v) is 1.84. The van der Waals surface area contributed by atoms with Crippen LogP contribution in [0.2, 0.25) is 0 Å². The maximum Gasteiger partial charge on any atom is 0.267 e. The normalized spacial score (nSPS) is 9.56. The molecular formula is C10H14N4O2. The van der Waals surface area contributed by atoms with Crippen LogP contribution in [0.4, 0.5) is 5.69 Å². The summed E-state index contributed by atoms with van der Waals surface area (Å²) < 4.78 is 0. The summed E-state index contributed by atoms with van der Waals surface area (Å²) in [5.74, 6) is -0.707. The van der Waals surface area contributed by atoms with Gasteiger partial charge in [0.1, 0.15) is 5.69 Å². The van der Waals surface area contributed by atoms with E-state index < -0.39 is 5.91 Å². The first-order chi connectivity index (χ1) is 7.63. The van der Waals surface area contributed by atoms with Crippen LogP contribution in [-0.2, 0) is 4.79 Å². The van der Waals surface area contributed by atoms with Crippen LogP contribution in [0.15, 0.2) is 18.3 Å². The molecule has 1 heterocycles. The molecule has 0 atom stereocenters. The predicted molar refractivity (Wildman–Crippen MR) is 59.9 cm³/mol. The van der Waals surface area contributed by atoms with Crippen LogP contribution in [-0.4, -0.2) is 29.9 Å². The van der Waals surface area contributed by atoms with Gasteiger partial charge in [-0.1, -0.05) is 0 Å². The summed E-state index contributed by atoms with van der Waals surface area (Å²) in [5.41, 5.74) is 5.88. The summed E-state index contributed by atoms with van der Waals surface area (Å²) in [4.78, 5) is 25.8. The Hall–Kier alpha value is -2.11. The number of amides is 2. The Kier molecular flexibility index (Phi) is 4.26. The molecule has 86 valence electrons. The molecule has 4 N–H and O–H groups in total. The zero-order chi connectivity index (χ0) is 12.0. The summed E-state index contributed by atoms with van der Waals surface area (Å²) in [5, 5.41) is 5.51. The van der Waals surface area contributed by atoms with Crippen LogP contribution >= 0.6 is 0 Å². The molecule has 0 spiro atoms. The quantitative estimate of drug-likeness (QED) is 0.638. The second kappa shape index (κ2) is 5.69. The van der Waals surface area contributed by atoms with Crippen LogP contribution < -0.4 is 16.4 Å². The molecule has 0 aliphatic heterocycles. The van der Waals surface area contributed by atoms with E-state index in [1.165, 1.54) is 12.3 Å². The lowest BCUT2D eigenvalue weighted by Gasteiger charge is -2.06. The maximum atomic E-state index is 11.2. The van der Waals surface area contributed by atoms with E-state index in [1.807, 2.05) is 6.92 Å². The number of aromatic nitrogens is 1. The summed E-state index contributed by atoms with van der Waals surface area (Å²) in [6.45, 7) is 2.58. The Morgan fingerprint density at radius 3 is 2.88 bits per heavy atom. The highest BCUT2D eigenvalue weighted by atomic mass is 16.2. The molecule has 0 radical (unpaired) electrons. The van der Waals surface area contributed by atoms with Crippen molar-refractivity contribution >= 4 is 17.5 Å². The number of hydrogen-bond acceptors (Lipinski definition) is 4. The SMILES string of the molecule is CCNC(=O)CNc1ccnc(C(N)=O)c1. The number of anilines is 1. The lowest BCUT2D eigenvalue weighted by Crippen LogP contribution is -2.29. The molecule has 0 unspecified atom stereocenters. The van der Waals surface area contributed by atoms with Gasteiger partial charge >= 0.3 is 0 Å². The fraction of sp³-hybridized carbons (Fsp3) is 0.300. The molecule has 1 aromatic heterocycles. The molecule has 0 aliphatic rings. The largest absolute Gasteiger partial charge is 0.376 e. The standard InChI is InChI=1S/C10H14N4O2/c1-2-12-9(15)6-14-7-3-4-13-8(5-7)10(11)16/h3-5H,2,6H2,1H3,(H2,11,16)(H,12,15)(H,13,14). The van der Waals surface area contributed by atoms with Crippen molar-refractivity contribution in [2.45, 2.75) is 6.92 Å². The van der Waals surface area contributed by atoms with Gasteiger partial charge in [0.25, 0.3) is 5.91 Å². The summed E-state index contributed by atoms with van der Waals surface area (Å²) >= 11 is 0. The Labute approximate surface area is 93.2 Å². The molecule has 0 saturated heterocycles. The highest BCUT2D eigenvalue weighted by Crippen LogP contribution is 2.06. The summed E-state index contributed by atoms with van der Waals surface area (Å²) in [6.07, 6.45) is 1.46. The Balaban J connectivity index is 2.57. The smallest absolute Gasteiger partial charge is 0.267 e. The third kappa shape index (κ3) is 3.56. The third-order valence-electron chi connectivity index (χ3n) is 1.84. The van der Waals surface area contributed by atoms with Gasteiger partial charge in [-0.25, -0.2) is 0 Å². The van der Waals surface area contributed by atoms with Gasteiger partial charge in [-0.2, -0.15) is 0 Å². The zero-order valence-electron chi connectivity index (χ0n) is 8.99. The molecule has 1 aromatic rings. The minimum atomic E-state index is -0.596. The van der Waals surface area contributed by atoms with Crippen LogP contribution in [0.25, 0.3) is 0 Å². The highest BCUT2D eigenvalue weighted by Gasteiger charge is 2.03. The molecular weight excluding hydrogens is 208 g/mol. The van der Waals surface area contributed by atoms with Crippen molar-refractivity contribution in [1.82, 2.24) is 10.3 Å². The number of pyridine rings is 1. The van der Waals surface area contributed by atoms with Crippen molar-refractivity contribution in [3.8, 4) is 0 Å². The topological polar surface area (TPSA) is 97.1 Å². The monoisotopic (exact) mass is 222 g/mol. The van der Waals surface area contributed by atoms with E-state index in [0.29, 0.717) is 12.2 Å². The molecule has 1 rings (SSSR count). The van der Waals surface area contributed by atoms with Crippen molar-refractivity contribution in [1.29, 1.82) is 0 Å². The number of hydrogen-bond donors (Lipinski definition) is 3. The minimum Gasteiger partial charge on any atom is -0.376 e. The molecule has 0 fully saturated rings. The van der Waals surface area contributed by atoms with Gasteiger partial charge in [0.05, 0.1) is 6.54 Å². The number of carbonyl (C=O) groups excluding carboxylic acids is 2. The van der Waals surface area contributed by atoms with E-state index in [1.54, 1.807) is 6.07 Å². The molecule has 0 aromatic carbocycles. The van der Waals surface area contributed by atoms with Crippen molar-refractivity contribution in [2.24, 2.45) is 5.73 Å². The van der Waals surface area contributed by atoms with Crippen molar-refractivity contribution < 1.29 is 9.59 Å². The molecule has 6 heteroatoms. The number of nitrogens with zero attached hydrogens (tertiary/aromatic N) is 1. The number of nitrogens with one attached hydrogen (secondary N) is 2. The minimum absolute atomic E-state index is 0.111. The predicted octanol–water partition coefficient (Wildman–Crippen LogP) is -0.271. The van der Waals surface area contributed by atoms with Gasteiger partial charge < -0.3 is 16.4 Å². The zero-order valence-corrected chi connectivity index (χ0v) is 8.99. The second-order valence-corrected chi connectivity index (χ2v) is 3.10. The molecule has 0 saturated carbocycles. The first-order valence-electron chi connectivity index (χ1n) is 4.90. The van der Waals surface area contributed by atoms with Gasteiger partial charge in [0, 0.05) is 18.4 Å². The van der Waals surface area contributed by atoms with Crippen LogP contribution in [0.3, 0.4) is 0 Å². The Morgan fingerprint density at radius 1 is 1.50 bits per heavy atom. The van der Waals surface area contributed by atoms with Crippen molar-refractivity contribution in [3.05, 3.63) is 24.0 Å². The number of carbonyl (C=O) groups is 2. The van der Waals surface area contributed by atoms with Crippen molar-refractivity contribution in [3.63, 3.8) is 0 Å². The second-order valence-electron chi connectivity index (χ2n) is 3.10. The average Bonchev–Trinajstić information content (AvgIpc) is 2.27. The highest BCUT2D eigenvalue weighted by molar-refractivity contribution is 5.91. The molecule has 0 bridgehead atoms. The Morgan fingerprint density at radius 2 is 2.25 bits per heavy atom. The summed E-state index contributed by atoms with van der Waals surface area (Å²) in [7, 11) is 0. The van der Waals surface area contributed by atoms with E-state index in [4.69, 9.17) is 5.73 Å². The number of nitrogens with two attached hydrogens (primary N) is 1. The Bertz CT molecular complexity index is 392. The lowest BCUT2D eigenvalue weighted by atomic mass is 10.3. The average molecular weight is 222 g/mol. The van der Waals surface area contributed by atoms with Gasteiger partial charge in [-0.15, -0.1) is 0 Å². The fourth-order valence-electron chi connectivity index (χ4n) is 1.12. The molecule has 6 nitrogen and oxygen atoms in total. The van der Waals surface area contributed by atoms with E-state index in [2.05, 4.69) is 15.6 Å². The van der Waals surface area contributed by atoms with E-state index in [9.17, 15) is 9.59 Å². The molecule has 16 heavy (non-hydrogen) atoms.